The molecule has 1 aliphatic rings. The summed E-state index contributed by atoms with van der Waals surface area (Å²) >= 11 is 0. The molecule has 1 aliphatic heterocycles. The first-order chi connectivity index (χ1) is 14.9. The van der Waals surface area contributed by atoms with Gasteiger partial charge in [0.15, 0.2) is 0 Å². The Morgan fingerprint density at radius 1 is 1.06 bits per heavy atom. The lowest BCUT2D eigenvalue weighted by Gasteiger charge is -2.27. The summed E-state index contributed by atoms with van der Waals surface area (Å²) in [6.07, 6.45) is 1.63. The Labute approximate surface area is 183 Å². The molecule has 2 aromatic rings. The monoisotopic (exact) mass is 422 g/mol. The molecule has 1 unspecified atom stereocenters. The number of hydrogen-bond acceptors (Lipinski definition) is 4. The standard InChI is InChI=1S/C25H30N2O4/c1-4-17-31-20-13-11-19(12-14-20)23(28)21-22(18-9-6-5-7-10-18)27(25(30)24(21)29)16-8-15-26(2)3/h5-7,9-14,22,28H,4,8,15-17H2,1-3H3. The van der Waals surface area contributed by atoms with Crippen molar-refractivity contribution < 1.29 is 24.3 Å². The van der Waals surface area contributed by atoms with Crippen molar-refractivity contribution in [1.82, 2.24) is 4.90 Å². The van der Waals surface area contributed by atoms with E-state index < -0.39 is 23.5 Å². The van der Waals surface area contributed by atoms with Gasteiger partial charge in [0, 0.05) is 18.5 Å². The molecule has 1 atom stereocenters. The number of carbonyl (C=O) groups is 2. The third-order valence-electron chi connectivity index (χ3n) is 5.31. The molecule has 1 amide bonds. The van der Waals surface area contributed by atoms with Crippen molar-refractivity contribution in [2.45, 2.75) is 25.8 Å². The van der Waals surface area contributed by atoms with Gasteiger partial charge < -0.3 is 19.6 Å². The van der Waals surface area contributed by atoms with Gasteiger partial charge in [-0.15, -0.1) is 0 Å². The molecule has 1 fully saturated rings. The van der Waals surface area contributed by atoms with Crippen LogP contribution in [0.1, 0.15) is 36.9 Å². The molecule has 0 spiro atoms. The molecule has 0 aliphatic carbocycles. The molecule has 0 radical (unpaired) electrons. The lowest BCUT2D eigenvalue weighted by Crippen LogP contribution is -3.05. The molecule has 0 bridgehead atoms. The SMILES string of the molecule is CCCOc1ccc(C([O-])=C2C(=O)C(=O)N(CCC[NH+](C)C)C2c2ccccc2)cc1. The molecule has 0 aromatic heterocycles. The van der Waals surface area contributed by atoms with Crippen LogP contribution < -0.4 is 14.7 Å². The molecule has 2 aromatic carbocycles. The number of hydrogen-bond donors (Lipinski definition) is 1. The minimum atomic E-state index is -0.706. The fraction of sp³-hybridized carbons (Fsp3) is 0.360. The molecular weight excluding hydrogens is 392 g/mol. The summed E-state index contributed by atoms with van der Waals surface area (Å²) in [6.45, 7) is 3.90. The van der Waals surface area contributed by atoms with E-state index >= 15 is 0 Å². The molecule has 3 rings (SSSR count). The highest BCUT2D eigenvalue weighted by Crippen LogP contribution is 2.38. The van der Waals surface area contributed by atoms with Gasteiger partial charge in [0.1, 0.15) is 5.75 Å². The third kappa shape index (κ3) is 5.14. The topological polar surface area (TPSA) is 74.1 Å². The van der Waals surface area contributed by atoms with Gasteiger partial charge in [0.25, 0.3) is 5.91 Å². The second-order valence-electron chi connectivity index (χ2n) is 8.07. The Hall–Kier alpha value is -3.12. The van der Waals surface area contributed by atoms with Gasteiger partial charge in [-0.3, -0.25) is 9.59 Å². The maximum Gasteiger partial charge on any atom is 0.295 e. The number of rotatable bonds is 9. The molecule has 1 heterocycles. The zero-order chi connectivity index (χ0) is 22.4. The summed E-state index contributed by atoms with van der Waals surface area (Å²) in [6, 6.07) is 15.4. The molecule has 0 saturated carbocycles. The van der Waals surface area contributed by atoms with Crippen LogP contribution in [0.2, 0.25) is 0 Å². The van der Waals surface area contributed by atoms with Gasteiger partial charge in [-0.1, -0.05) is 55.1 Å². The zero-order valence-electron chi connectivity index (χ0n) is 18.4. The Balaban J connectivity index is 1.99. The van der Waals surface area contributed by atoms with Gasteiger partial charge in [-0.2, -0.15) is 0 Å². The average Bonchev–Trinajstić information content (AvgIpc) is 3.03. The van der Waals surface area contributed by atoms with E-state index in [0.717, 1.165) is 24.9 Å². The number of nitrogens with zero attached hydrogens (tertiary/aromatic N) is 1. The maximum absolute atomic E-state index is 13.4. The normalized spacial score (nSPS) is 18.1. The summed E-state index contributed by atoms with van der Waals surface area (Å²) < 4.78 is 5.58. The van der Waals surface area contributed by atoms with E-state index in [1.165, 1.54) is 4.90 Å². The first-order valence-corrected chi connectivity index (χ1v) is 10.8. The smallest absolute Gasteiger partial charge is 0.295 e. The van der Waals surface area contributed by atoms with Gasteiger partial charge in [-0.05, 0) is 29.7 Å². The van der Waals surface area contributed by atoms with Crippen molar-refractivity contribution in [2.24, 2.45) is 0 Å². The fourth-order valence-electron chi connectivity index (χ4n) is 3.76. The van der Waals surface area contributed by atoms with Crippen LogP contribution in [0.3, 0.4) is 0 Å². The number of nitrogens with one attached hydrogen (secondary N) is 1. The van der Waals surface area contributed by atoms with Crippen molar-refractivity contribution in [1.29, 1.82) is 0 Å². The molecular formula is C25H30N2O4. The number of Topliss-reactive ketones (excluding diaryl/α,β-unsaturated/α-hetero) is 1. The largest absolute Gasteiger partial charge is 0.872 e. The first kappa shape index (κ1) is 22.6. The van der Waals surface area contributed by atoms with E-state index in [1.54, 1.807) is 29.2 Å². The van der Waals surface area contributed by atoms with Crippen LogP contribution in [0.15, 0.2) is 60.2 Å². The average molecular weight is 423 g/mol. The minimum absolute atomic E-state index is 0.0237. The van der Waals surface area contributed by atoms with Crippen LogP contribution in [0.5, 0.6) is 5.75 Å². The second-order valence-corrected chi connectivity index (χ2v) is 8.07. The van der Waals surface area contributed by atoms with Crippen LogP contribution >= 0.6 is 0 Å². The molecule has 164 valence electrons. The second kappa shape index (κ2) is 10.3. The van der Waals surface area contributed by atoms with Crippen molar-refractivity contribution in [2.75, 3.05) is 33.8 Å². The van der Waals surface area contributed by atoms with E-state index in [0.29, 0.717) is 24.5 Å². The van der Waals surface area contributed by atoms with E-state index in [2.05, 4.69) is 0 Å². The van der Waals surface area contributed by atoms with Crippen molar-refractivity contribution in [3.05, 3.63) is 71.3 Å². The number of carbonyl (C=O) groups excluding carboxylic acids is 2. The van der Waals surface area contributed by atoms with Gasteiger partial charge >= 0.3 is 0 Å². The lowest BCUT2D eigenvalue weighted by atomic mass is 9.95. The van der Waals surface area contributed by atoms with Crippen LogP contribution in [0.25, 0.3) is 5.76 Å². The van der Waals surface area contributed by atoms with Crippen molar-refractivity contribution in [3.63, 3.8) is 0 Å². The Morgan fingerprint density at radius 2 is 1.74 bits per heavy atom. The number of amides is 1. The summed E-state index contributed by atoms with van der Waals surface area (Å²) in [7, 11) is 4.08. The highest BCUT2D eigenvalue weighted by molar-refractivity contribution is 6.46. The predicted octanol–water partition coefficient (Wildman–Crippen LogP) is 1.23. The number of ether oxygens (including phenoxy) is 1. The Kier molecular flexibility index (Phi) is 7.47. The highest BCUT2D eigenvalue weighted by Gasteiger charge is 2.43. The number of benzene rings is 2. The number of ketones is 1. The molecule has 1 N–H and O–H groups in total. The van der Waals surface area contributed by atoms with E-state index in [9.17, 15) is 14.7 Å². The number of likely N-dealkylation sites (tertiary alicyclic amines) is 1. The highest BCUT2D eigenvalue weighted by atomic mass is 16.5. The van der Waals surface area contributed by atoms with Crippen LogP contribution in [-0.4, -0.2) is 50.4 Å². The molecule has 1 saturated heterocycles. The van der Waals surface area contributed by atoms with Crippen molar-refractivity contribution >= 4 is 17.4 Å². The first-order valence-electron chi connectivity index (χ1n) is 10.8. The minimum Gasteiger partial charge on any atom is -0.872 e. The van der Waals surface area contributed by atoms with Gasteiger partial charge in [-0.25, -0.2) is 0 Å². The Bertz CT molecular complexity index is 936. The third-order valence-corrected chi connectivity index (χ3v) is 5.31. The van der Waals surface area contributed by atoms with Gasteiger partial charge in [0.05, 0.1) is 33.3 Å². The lowest BCUT2D eigenvalue weighted by molar-refractivity contribution is -0.858. The summed E-state index contributed by atoms with van der Waals surface area (Å²) in [5, 5.41) is 13.4. The zero-order valence-corrected chi connectivity index (χ0v) is 18.4. The van der Waals surface area contributed by atoms with Crippen molar-refractivity contribution in [3.8, 4) is 5.75 Å². The summed E-state index contributed by atoms with van der Waals surface area (Å²) in [4.78, 5) is 28.6. The molecule has 6 nitrogen and oxygen atoms in total. The van der Waals surface area contributed by atoms with Crippen LogP contribution in [-0.2, 0) is 9.59 Å². The van der Waals surface area contributed by atoms with Crippen LogP contribution in [0, 0.1) is 0 Å². The fourth-order valence-corrected chi connectivity index (χ4v) is 3.76. The molecule has 31 heavy (non-hydrogen) atoms. The molecule has 6 heteroatoms. The predicted molar refractivity (Wildman–Crippen MR) is 117 cm³/mol. The summed E-state index contributed by atoms with van der Waals surface area (Å²) in [5.41, 5.74) is 1.17. The van der Waals surface area contributed by atoms with Crippen LogP contribution in [0.4, 0.5) is 0 Å². The Morgan fingerprint density at radius 3 is 2.35 bits per heavy atom. The van der Waals surface area contributed by atoms with E-state index in [4.69, 9.17) is 4.74 Å². The summed E-state index contributed by atoms with van der Waals surface area (Å²) in [5.74, 6) is -1.05. The quantitative estimate of drug-likeness (QED) is 0.375. The van der Waals surface area contributed by atoms with E-state index in [1.807, 2.05) is 51.4 Å². The number of quaternary nitrogens is 1. The van der Waals surface area contributed by atoms with E-state index in [-0.39, 0.29) is 5.57 Å². The van der Waals surface area contributed by atoms with Gasteiger partial charge in [0.2, 0.25) is 5.78 Å². The maximum atomic E-state index is 13.4.